The van der Waals surface area contributed by atoms with Crippen LogP contribution in [0.25, 0.3) is 0 Å². The van der Waals surface area contributed by atoms with Crippen molar-refractivity contribution in [3.8, 4) is 11.5 Å². The molecule has 0 aliphatic carbocycles. The van der Waals surface area contributed by atoms with Gasteiger partial charge in [0.25, 0.3) is 5.91 Å². The Morgan fingerprint density at radius 1 is 1.08 bits per heavy atom. The maximum absolute atomic E-state index is 12.2. The third-order valence-electron chi connectivity index (χ3n) is 3.52. The highest BCUT2D eigenvalue weighted by Gasteiger charge is 2.15. The number of amides is 1. The molecule has 0 atom stereocenters. The first-order chi connectivity index (χ1) is 11.5. The summed E-state index contributed by atoms with van der Waals surface area (Å²) in [6.07, 6.45) is 0. The standard InChI is InChI=1S/C18H19NO5/c1-11-4-6-15(20)13(8-11)17(21)19-10-12-5-7-16(23-2)14(9-12)18(22)24-3/h4-9,20H,10H2,1-3H3,(H,19,21). The zero-order chi connectivity index (χ0) is 17.7. The lowest BCUT2D eigenvalue weighted by Gasteiger charge is -2.11. The second kappa shape index (κ2) is 7.50. The summed E-state index contributed by atoms with van der Waals surface area (Å²) in [7, 11) is 2.75. The number of aryl methyl sites for hydroxylation is 1. The molecule has 0 unspecified atom stereocenters. The van der Waals surface area contributed by atoms with Crippen LogP contribution in [0.2, 0.25) is 0 Å². The van der Waals surface area contributed by atoms with Crippen LogP contribution in [0.3, 0.4) is 0 Å². The van der Waals surface area contributed by atoms with E-state index in [-0.39, 0.29) is 23.4 Å². The minimum atomic E-state index is -0.517. The molecule has 2 aromatic carbocycles. The Labute approximate surface area is 140 Å². The van der Waals surface area contributed by atoms with Crippen LogP contribution in [0.5, 0.6) is 11.5 Å². The Hall–Kier alpha value is -3.02. The molecule has 0 spiro atoms. The summed E-state index contributed by atoms with van der Waals surface area (Å²) >= 11 is 0. The van der Waals surface area contributed by atoms with Gasteiger partial charge in [-0.15, -0.1) is 0 Å². The molecular formula is C18H19NO5. The average Bonchev–Trinajstić information content (AvgIpc) is 2.60. The fourth-order valence-electron chi connectivity index (χ4n) is 2.24. The van der Waals surface area contributed by atoms with Crippen molar-refractivity contribution in [2.24, 2.45) is 0 Å². The first-order valence-electron chi connectivity index (χ1n) is 7.29. The topological polar surface area (TPSA) is 84.9 Å². The Bertz CT molecular complexity index is 770. The summed E-state index contributed by atoms with van der Waals surface area (Å²) in [6.45, 7) is 2.03. The van der Waals surface area contributed by atoms with Crippen LogP contribution in [-0.4, -0.2) is 31.2 Å². The zero-order valence-electron chi connectivity index (χ0n) is 13.8. The molecule has 0 radical (unpaired) electrons. The Balaban J connectivity index is 2.15. The number of benzene rings is 2. The number of ether oxygens (including phenoxy) is 2. The summed E-state index contributed by atoms with van der Waals surface area (Å²) in [6, 6.07) is 9.78. The Morgan fingerprint density at radius 2 is 1.83 bits per heavy atom. The van der Waals surface area contributed by atoms with E-state index in [2.05, 4.69) is 5.32 Å². The molecule has 0 aromatic heterocycles. The van der Waals surface area contributed by atoms with Gasteiger partial charge < -0.3 is 19.9 Å². The molecule has 0 saturated carbocycles. The van der Waals surface area contributed by atoms with Crippen molar-refractivity contribution in [3.05, 3.63) is 58.7 Å². The van der Waals surface area contributed by atoms with E-state index in [1.165, 1.54) is 20.3 Å². The molecule has 0 bridgehead atoms. The largest absolute Gasteiger partial charge is 0.507 e. The van der Waals surface area contributed by atoms with Gasteiger partial charge in [-0.3, -0.25) is 4.79 Å². The van der Waals surface area contributed by atoms with Crippen LogP contribution in [0, 0.1) is 6.92 Å². The van der Waals surface area contributed by atoms with Crippen molar-refractivity contribution in [1.29, 1.82) is 0 Å². The van der Waals surface area contributed by atoms with E-state index in [4.69, 9.17) is 9.47 Å². The van der Waals surface area contributed by atoms with Gasteiger partial charge in [-0.2, -0.15) is 0 Å². The second-order valence-corrected chi connectivity index (χ2v) is 5.23. The van der Waals surface area contributed by atoms with Crippen LogP contribution in [0.4, 0.5) is 0 Å². The number of methoxy groups -OCH3 is 2. The average molecular weight is 329 g/mol. The van der Waals surface area contributed by atoms with E-state index >= 15 is 0 Å². The maximum atomic E-state index is 12.2. The lowest BCUT2D eigenvalue weighted by atomic mass is 10.1. The molecule has 0 aliphatic rings. The van der Waals surface area contributed by atoms with Gasteiger partial charge in [0.15, 0.2) is 0 Å². The number of carbonyl (C=O) groups excluding carboxylic acids is 2. The minimum absolute atomic E-state index is 0.0805. The fraction of sp³-hybridized carbons (Fsp3) is 0.222. The number of phenolic OH excluding ortho intramolecular Hbond substituents is 1. The number of hydrogen-bond donors (Lipinski definition) is 2. The first kappa shape index (κ1) is 17.3. The van der Waals surface area contributed by atoms with Crippen LogP contribution in [-0.2, 0) is 11.3 Å². The van der Waals surface area contributed by atoms with Gasteiger partial charge in [-0.1, -0.05) is 17.7 Å². The van der Waals surface area contributed by atoms with E-state index in [0.29, 0.717) is 11.3 Å². The predicted octanol–water partition coefficient (Wildman–Crippen LogP) is 2.43. The van der Waals surface area contributed by atoms with Gasteiger partial charge in [0.1, 0.15) is 17.1 Å². The van der Waals surface area contributed by atoms with E-state index in [9.17, 15) is 14.7 Å². The van der Waals surface area contributed by atoms with Gasteiger partial charge in [0.2, 0.25) is 0 Å². The molecule has 2 N–H and O–H groups in total. The van der Waals surface area contributed by atoms with Gasteiger partial charge in [0, 0.05) is 6.54 Å². The van der Waals surface area contributed by atoms with E-state index < -0.39 is 11.9 Å². The number of nitrogens with one attached hydrogen (secondary N) is 1. The number of rotatable bonds is 5. The smallest absolute Gasteiger partial charge is 0.341 e. The Morgan fingerprint density at radius 3 is 2.50 bits per heavy atom. The molecule has 2 aromatic rings. The second-order valence-electron chi connectivity index (χ2n) is 5.23. The van der Waals surface area contributed by atoms with Crippen molar-refractivity contribution in [2.75, 3.05) is 14.2 Å². The van der Waals surface area contributed by atoms with E-state index in [1.54, 1.807) is 30.3 Å². The van der Waals surface area contributed by atoms with Crippen molar-refractivity contribution in [2.45, 2.75) is 13.5 Å². The summed E-state index contributed by atoms with van der Waals surface area (Å²) < 4.78 is 9.84. The van der Waals surface area contributed by atoms with E-state index in [0.717, 1.165) is 5.56 Å². The molecule has 1 amide bonds. The molecular weight excluding hydrogens is 310 g/mol. The molecule has 0 fully saturated rings. The molecule has 0 heterocycles. The normalized spacial score (nSPS) is 10.1. The number of aromatic hydroxyl groups is 1. The summed E-state index contributed by atoms with van der Waals surface area (Å²) in [5.74, 6) is -0.598. The number of hydrogen-bond acceptors (Lipinski definition) is 5. The lowest BCUT2D eigenvalue weighted by Crippen LogP contribution is -2.23. The van der Waals surface area contributed by atoms with Crippen molar-refractivity contribution in [1.82, 2.24) is 5.32 Å². The van der Waals surface area contributed by atoms with Gasteiger partial charge in [-0.25, -0.2) is 4.79 Å². The number of carbonyl (C=O) groups is 2. The molecule has 2 rings (SSSR count). The van der Waals surface area contributed by atoms with Gasteiger partial charge in [0.05, 0.1) is 19.8 Å². The zero-order valence-corrected chi connectivity index (χ0v) is 13.8. The van der Waals surface area contributed by atoms with Crippen LogP contribution in [0.15, 0.2) is 36.4 Å². The molecule has 0 aliphatic heterocycles. The summed E-state index contributed by atoms with van der Waals surface area (Å²) in [5, 5.41) is 12.5. The van der Waals surface area contributed by atoms with Crippen molar-refractivity contribution < 1.29 is 24.2 Å². The number of esters is 1. The monoisotopic (exact) mass is 329 g/mol. The SMILES string of the molecule is COC(=O)c1cc(CNC(=O)c2cc(C)ccc2O)ccc1OC. The maximum Gasteiger partial charge on any atom is 0.341 e. The highest BCUT2D eigenvalue weighted by atomic mass is 16.5. The highest BCUT2D eigenvalue weighted by Crippen LogP contribution is 2.21. The lowest BCUT2D eigenvalue weighted by molar-refractivity contribution is 0.0597. The Kier molecular flexibility index (Phi) is 5.42. The minimum Gasteiger partial charge on any atom is -0.507 e. The van der Waals surface area contributed by atoms with Crippen LogP contribution >= 0.6 is 0 Å². The highest BCUT2D eigenvalue weighted by molar-refractivity contribution is 5.97. The van der Waals surface area contributed by atoms with Gasteiger partial charge in [-0.05, 0) is 36.8 Å². The molecule has 6 nitrogen and oxygen atoms in total. The third-order valence-corrected chi connectivity index (χ3v) is 3.52. The fourth-order valence-corrected chi connectivity index (χ4v) is 2.24. The molecule has 24 heavy (non-hydrogen) atoms. The first-order valence-corrected chi connectivity index (χ1v) is 7.29. The summed E-state index contributed by atoms with van der Waals surface area (Å²) in [5.41, 5.74) is 2.06. The number of phenols is 1. The van der Waals surface area contributed by atoms with Crippen LogP contribution < -0.4 is 10.1 Å². The predicted molar refractivity (Wildman–Crippen MR) is 88.3 cm³/mol. The molecule has 6 heteroatoms. The van der Waals surface area contributed by atoms with Crippen molar-refractivity contribution in [3.63, 3.8) is 0 Å². The quantitative estimate of drug-likeness (QED) is 0.823. The summed E-state index contributed by atoms with van der Waals surface area (Å²) in [4.78, 5) is 24.0. The third kappa shape index (κ3) is 3.84. The van der Waals surface area contributed by atoms with E-state index in [1.807, 2.05) is 6.92 Å². The van der Waals surface area contributed by atoms with Gasteiger partial charge >= 0.3 is 5.97 Å². The van der Waals surface area contributed by atoms with Crippen LogP contribution in [0.1, 0.15) is 31.8 Å². The van der Waals surface area contributed by atoms with Crippen molar-refractivity contribution >= 4 is 11.9 Å². The molecule has 126 valence electrons. The molecule has 0 saturated heterocycles.